The van der Waals surface area contributed by atoms with Gasteiger partial charge in [-0.25, -0.2) is 4.79 Å². The summed E-state index contributed by atoms with van der Waals surface area (Å²) < 4.78 is 4.58. The van der Waals surface area contributed by atoms with Crippen LogP contribution in [0.25, 0.3) is 0 Å². The molecule has 1 aromatic carbocycles. The van der Waals surface area contributed by atoms with Crippen molar-refractivity contribution in [2.24, 2.45) is 0 Å². The summed E-state index contributed by atoms with van der Waals surface area (Å²) in [6, 6.07) is 6.91. The first kappa shape index (κ1) is 10.7. The predicted molar refractivity (Wildman–Crippen MR) is 53.0 cm³/mol. The van der Waals surface area contributed by atoms with Crippen LogP contribution in [0.15, 0.2) is 24.3 Å². The molecule has 3 heteroatoms. The quantitative estimate of drug-likeness (QED) is 0.738. The Hall–Kier alpha value is -1.35. The number of rotatable bonds is 3. The highest BCUT2D eigenvalue weighted by atomic mass is 16.5. The van der Waals surface area contributed by atoms with Gasteiger partial charge in [0.05, 0.1) is 12.7 Å². The van der Waals surface area contributed by atoms with Gasteiger partial charge in [-0.3, -0.25) is 0 Å². The summed E-state index contributed by atoms with van der Waals surface area (Å²) in [6.45, 7) is 3.71. The van der Waals surface area contributed by atoms with Gasteiger partial charge >= 0.3 is 5.97 Å². The molecule has 0 saturated carbocycles. The fourth-order valence-corrected chi connectivity index (χ4v) is 1.14. The number of carbonyl (C=O) groups is 1. The van der Waals surface area contributed by atoms with Crippen LogP contribution in [0.1, 0.15) is 21.8 Å². The zero-order valence-electron chi connectivity index (χ0n) is 8.06. The van der Waals surface area contributed by atoms with Crippen LogP contribution in [-0.2, 0) is 4.74 Å². The van der Waals surface area contributed by atoms with Gasteiger partial charge in [-0.05, 0) is 24.6 Å². The normalized spacial score (nSPS) is 12.2. The lowest BCUT2D eigenvalue weighted by Crippen LogP contribution is -2.04. The number of ether oxygens (including phenoxy) is 1. The Kier molecular flexibility index (Phi) is 3.65. The van der Waals surface area contributed by atoms with E-state index in [1.807, 2.05) is 6.07 Å². The molecule has 1 unspecified atom stereocenters. The Balaban J connectivity index is 2.95. The second-order valence-electron chi connectivity index (χ2n) is 3.00. The van der Waals surface area contributed by atoms with Crippen molar-refractivity contribution in [3.8, 4) is 0 Å². The maximum absolute atomic E-state index is 11.2. The van der Waals surface area contributed by atoms with E-state index in [2.05, 4.69) is 11.7 Å². The molecule has 1 radical (unpaired) electrons. The molecule has 0 aromatic heterocycles. The summed E-state index contributed by atoms with van der Waals surface area (Å²) in [5.74, 6) is -0.586. The molecule has 0 saturated heterocycles. The molecule has 3 nitrogen and oxygen atoms in total. The van der Waals surface area contributed by atoms with E-state index in [1.165, 1.54) is 7.11 Å². The maximum Gasteiger partial charge on any atom is 0.337 e. The summed E-state index contributed by atoms with van der Waals surface area (Å²) in [6.07, 6.45) is 0. The molecule has 0 aliphatic rings. The Morgan fingerprint density at radius 1 is 1.64 bits per heavy atom. The van der Waals surface area contributed by atoms with E-state index < -0.39 is 0 Å². The standard InChI is InChI=1S/C11H13O3/c1-8(7-12)9-4-3-5-10(6-9)11(13)14-2/h3-6,8,12H,1,7H2,2H3. The van der Waals surface area contributed by atoms with Crippen LogP contribution in [0.5, 0.6) is 0 Å². The monoisotopic (exact) mass is 193 g/mol. The Morgan fingerprint density at radius 2 is 2.36 bits per heavy atom. The molecule has 0 fully saturated rings. The molecule has 0 spiro atoms. The van der Waals surface area contributed by atoms with Gasteiger partial charge in [-0.1, -0.05) is 12.1 Å². The van der Waals surface area contributed by atoms with Gasteiger partial charge in [0.1, 0.15) is 0 Å². The Morgan fingerprint density at radius 3 is 2.93 bits per heavy atom. The molecule has 0 bridgehead atoms. The molecule has 1 atom stereocenters. The topological polar surface area (TPSA) is 46.5 Å². The lowest BCUT2D eigenvalue weighted by Gasteiger charge is -2.08. The lowest BCUT2D eigenvalue weighted by atomic mass is 10.00. The largest absolute Gasteiger partial charge is 0.465 e. The number of carbonyl (C=O) groups excluding carboxylic acids is 1. The Bertz CT molecular complexity index is 320. The van der Waals surface area contributed by atoms with E-state index >= 15 is 0 Å². The number of methoxy groups -OCH3 is 1. The first-order valence-electron chi connectivity index (χ1n) is 4.31. The lowest BCUT2D eigenvalue weighted by molar-refractivity contribution is 0.0600. The van der Waals surface area contributed by atoms with E-state index in [0.29, 0.717) is 5.56 Å². The van der Waals surface area contributed by atoms with Gasteiger partial charge in [-0.2, -0.15) is 0 Å². The Labute approximate surface area is 83.3 Å². The second-order valence-corrected chi connectivity index (χ2v) is 3.00. The fourth-order valence-electron chi connectivity index (χ4n) is 1.14. The van der Waals surface area contributed by atoms with E-state index in [1.54, 1.807) is 18.2 Å². The van der Waals surface area contributed by atoms with Gasteiger partial charge in [0.15, 0.2) is 0 Å². The summed E-state index contributed by atoms with van der Waals surface area (Å²) in [5, 5.41) is 8.90. The van der Waals surface area contributed by atoms with Gasteiger partial charge in [0.25, 0.3) is 0 Å². The highest BCUT2D eigenvalue weighted by Crippen LogP contribution is 2.15. The van der Waals surface area contributed by atoms with Crippen molar-refractivity contribution in [3.05, 3.63) is 42.3 Å². The first-order valence-corrected chi connectivity index (χ1v) is 4.31. The highest BCUT2D eigenvalue weighted by Gasteiger charge is 2.08. The molecular formula is C11H13O3. The van der Waals surface area contributed by atoms with E-state index in [-0.39, 0.29) is 18.5 Å². The molecule has 0 aliphatic heterocycles. The van der Waals surface area contributed by atoms with Crippen LogP contribution in [0, 0.1) is 6.92 Å². The zero-order chi connectivity index (χ0) is 10.6. The summed E-state index contributed by atoms with van der Waals surface area (Å²) in [5.41, 5.74) is 1.31. The first-order chi connectivity index (χ1) is 6.69. The van der Waals surface area contributed by atoms with Gasteiger partial charge in [-0.15, -0.1) is 0 Å². The predicted octanol–water partition coefficient (Wildman–Crippen LogP) is 1.38. The third-order valence-electron chi connectivity index (χ3n) is 2.00. The number of benzene rings is 1. The van der Waals surface area contributed by atoms with Crippen LogP contribution in [0.3, 0.4) is 0 Å². The van der Waals surface area contributed by atoms with E-state index in [0.717, 1.165) is 5.56 Å². The number of hydrogen-bond acceptors (Lipinski definition) is 3. The molecule has 0 amide bonds. The van der Waals surface area contributed by atoms with E-state index in [9.17, 15) is 4.79 Å². The third-order valence-corrected chi connectivity index (χ3v) is 2.00. The molecule has 1 aromatic rings. The second kappa shape index (κ2) is 4.77. The summed E-state index contributed by atoms with van der Waals surface area (Å²) >= 11 is 0. The molecule has 1 rings (SSSR count). The third kappa shape index (κ3) is 2.33. The van der Waals surface area contributed by atoms with Gasteiger partial charge in [0.2, 0.25) is 0 Å². The van der Waals surface area contributed by atoms with Crippen molar-refractivity contribution in [2.75, 3.05) is 13.7 Å². The van der Waals surface area contributed by atoms with Crippen LogP contribution >= 0.6 is 0 Å². The zero-order valence-corrected chi connectivity index (χ0v) is 8.06. The van der Waals surface area contributed by atoms with Crippen molar-refractivity contribution in [1.82, 2.24) is 0 Å². The van der Waals surface area contributed by atoms with Crippen molar-refractivity contribution in [1.29, 1.82) is 0 Å². The highest BCUT2D eigenvalue weighted by molar-refractivity contribution is 5.89. The average molecular weight is 193 g/mol. The van der Waals surface area contributed by atoms with Gasteiger partial charge in [0, 0.05) is 12.5 Å². The molecule has 75 valence electrons. The van der Waals surface area contributed by atoms with Crippen molar-refractivity contribution in [2.45, 2.75) is 5.92 Å². The average Bonchev–Trinajstić information content (AvgIpc) is 2.27. The molecule has 14 heavy (non-hydrogen) atoms. The molecule has 1 N–H and O–H groups in total. The SMILES string of the molecule is [CH2]C(CO)c1cccc(C(=O)OC)c1. The number of aliphatic hydroxyl groups is 1. The molecular weight excluding hydrogens is 180 g/mol. The number of esters is 1. The fraction of sp³-hybridized carbons (Fsp3) is 0.273. The minimum atomic E-state index is -0.378. The van der Waals surface area contributed by atoms with Crippen molar-refractivity contribution >= 4 is 5.97 Å². The van der Waals surface area contributed by atoms with Gasteiger partial charge < -0.3 is 9.84 Å². The van der Waals surface area contributed by atoms with Crippen LogP contribution in [0.4, 0.5) is 0 Å². The minimum absolute atomic E-state index is 0.0371. The number of hydrogen-bond donors (Lipinski definition) is 1. The van der Waals surface area contributed by atoms with Crippen LogP contribution in [0.2, 0.25) is 0 Å². The number of aliphatic hydroxyl groups excluding tert-OH is 1. The van der Waals surface area contributed by atoms with Crippen molar-refractivity contribution < 1.29 is 14.6 Å². The van der Waals surface area contributed by atoms with E-state index in [4.69, 9.17) is 5.11 Å². The van der Waals surface area contributed by atoms with Crippen LogP contribution < -0.4 is 0 Å². The summed E-state index contributed by atoms with van der Waals surface area (Å²) in [7, 11) is 1.34. The molecule has 0 aliphatic carbocycles. The minimum Gasteiger partial charge on any atom is -0.465 e. The molecule has 0 heterocycles. The smallest absolute Gasteiger partial charge is 0.337 e. The van der Waals surface area contributed by atoms with Crippen LogP contribution in [-0.4, -0.2) is 24.8 Å². The summed E-state index contributed by atoms with van der Waals surface area (Å²) in [4.78, 5) is 11.2. The van der Waals surface area contributed by atoms with Crippen molar-refractivity contribution in [3.63, 3.8) is 0 Å². The maximum atomic E-state index is 11.2.